The third-order valence-electron chi connectivity index (χ3n) is 1.29. The van der Waals surface area contributed by atoms with E-state index in [4.69, 9.17) is 5.11 Å². The molecule has 0 bridgehead atoms. The Bertz CT molecular complexity index is 291. The fourth-order valence-corrected chi connectivity index (χ4v) is 1.10. The minimum Gasteiger partial charge on any atom is -0.504 e. The summed E-state index contributed by atoms with van der Waals surface area (Å²) in [6.45, 7) is -0.718. The Hall–Kier alpha value is -0.840. The summed E-state index contributed by atoms with van der Waals surface area (Å²) in [5.74, 6) is -0.0986. The lowest BCUT2D eigenvalue weighted by Crippen LogP contribution is -2.06. The van der Waals surface area contributed by atoms with Crippen LogP contribution in [0.2, 0.25) is 0 Å². The topological polar surface area (TPSA) is 29.5 Å². The number of hydrogen-bond donors (Lipinski definition) is 1. The van der Waals surface area contributed by atoms with Gasteiger partial charge in [-0.1, -0.05) is 15.9 Å². The molecule has 0 amide bonds. The van der Waals surface area contributed by atoms with Gasteiger partial charge in [0.1, 0.15) is 6.61 Å². The maximum atomic E-state index is 11.7. The van der Waals surface area contributed by atoms with Crippen LogP contribution in [0.4, 0.5) is 8.78 Å². The van der Waals surface area contributed by atoms with Crippen LogP contribution in [0.3, 0.4) is 0 Å². The van der Waals surface area contributed by atoms with Crippen molar-refractivity contribution in [1.82, 2.24) is 0 Å². The van der Waals surface area contributed by atoms with Gasteiger partial charge in [-0.15, -0.1) is 0 Å². The highest BCUT2D eigenvalue weighted by molar-refractivity contribution is 9.10. The van der Waals surface area contributed by atoms with E-state index in [9.17, 15) is 8.78 Å². The molecule has 0 heterocycles. The summed E-state index contributed by atoms with van der Waals surface area (Å²) in [7, 11) is 0. The van der Waals surface area contributed by atoms with Gasteiger partial charge in [-0.3, -0.25) is 0 Å². The van der Waals surface area contributed by atoms with Crippen LogP contribution in [0.15, 0.2) is 22.7 Å². The van der Waals surface area contributed by atoms with Crippen LogP contribution < -0.4 is 4.74 Å². The number of phenols is 1. The molecule has 1 N–H and O–H groups in total. The summed E-state index contributed by atoms with van der Waals surface area (Å²) >= 11 is 3.12. The maximum absolute atomic E-state index is 11.7. The predicted octanol–water partition coefficient (Wildman–Crippen LogP) is 2.80. The van der Waals surface area contributed by atoms with Gasteiger partial charge in [-0.25, -0.2) is 8.78 Å². The molecule has 0 radical (unpaired) electrons. The molecular weight excluding hydrogens is 246 g/mol. The van der Waals surface area contributed by atoms with Crippen molar-refractivity contribution < 1.29 is 18.6 Å². The highest BCUT2D eigenvalue weighted by Gasteiger charge is 2.07. The first-order chi connectivity index (χ1) is 6.09. The highest BCUT2D eigenvalue weighted by atomic mass is 79.9. The normalized spacial score (nSPS) is 10.5. The van der Waals surface area contributed by atoms with E-state index in [0.29, 0.717) is 4.47 Å². The first-order valence-electron chi connectivity index (χ1n) is 3.49. The van der Waals surface area contributed by atoms with Crippen LogP contribution in [-0.2, 0) is 0 Å². The summed E-state index contributed by atoms with van der Waals surface area (Å²) in [4.78, 5) is 0. The Labute approximate surface area is 82.3 Å². The highest BCUT2D eigenvalue weighted by Crippen LogP contribution is 2.29. The predicted molar refractivity (Wildman–Crippen MR) is 47.3 cm³/mol. The van der Waals surface area contributed by atoms with E-state index in [1.54, 1.807) is 6.07 Å². The molecule has 0 fully saturated rings. The molecule has 1 aromatic rings. The van der Waals surface area contributed by atoms with E-state index in [0.717, 1.165) is 0 Å². The number of rotatable bonds is 3. The van der Waals surface area contributed by atoms with Gasteiger partial charge in [-0.2, -0.15) is 0 Å². The lowest BCUT2D eigenvalue weighted by Gasteiger charge is -2.07. The van der Waals surface area contributed by atoms with Crippen molar-refractivity contribution in [1.29, 1.82) is 0 Å². The van der Waals surface area contributed by atoms with Gasteiger partial charge >= 0.3 is 0 Å². The molecule has 13 heavy (non-hydrogen) atoms. The minimum absolute atomic E-state index is 0.0506. The number of phenolic OH excluding ortho intramolecular Hbond substituents is 1. The number of aromatic hydroxyl groups is 1. The second-order valence-electron chi connectivity index (χ2n) is 2.31. The molecule has 2 nitrogen and oxygen atoms in total. The number of hydrogen-bond acceptors (Lipinski definition) is 2. The molecule has 0 aliphatic heterocycles. The summed E-state index contributed by atoms with van der Waals surface area (Å²) < 4.78 is 28.8. The van der Waals surface area contributed by atoms with E-state index in [1.807, 2.05) is 0 Å². The lowest BCUT2D eigenvalue weighted by atomic mass is 10.3. The largest absolute Gasteiger partial charge is 0.504 e. The molecule has 0 spiro atoms. The summed E-state index contributed by atoms with van der Waals surface area (Å²) in [5.41, 5.74) is 0. The summed E-state index contributed by atoms with van der Waals surface area (Å²) in [5, 5.41) is 9.16. The van der Waals surface area contributed by atoms with Crippen molar-refractivity contribution in [2.24, 2.45) is 0 Å². The average molecular weight is 253 g/mol. The van der Waals surface area contributed by atoms with Gasteiger partial charge in [0.2, 0.25) is 0 Å². The van der Waals surface area contributed by atoms with Crippen LogP contribution in [-0.4, -0.2) is 18.1 Å². The molecule has 0 saturated carbocycles. The van der Waals surface area contributed by atoms with E-state index >= 15 is 0 Å². The summed E-state index contributed by atoms with van der Waals surface area (Å²) in [6.07, 6.45) is -2.54. The van der Waals surface area contributed by atoms with Gasteiger partial charge in [-0.05, 0) is 18.2 Å². The van der Waals surface area contributed by atoms with Crippen LogP contribution in [0.5, 0.6) is 11.5 Å². The van der Waals surface area contributed by atoms with Gasteiger partial charge < -0.3 is 9.84 Å². The van der Waals surface area contributed by atoms with Crippen LogP contribution in [0, 0.1) is 0 Å². The fourth-order valence-electron chi connectivity index (χ4n) is 0.756. The van der Waals surface area contributed by atoms with Crippen molar-refractivity contribution in [3.63, 3.8) is 0 Å². The Morgan fingerprint density at radius 2 is 2.15 bits per heavy atom. The second kappa shape index (κ2) is 4.41. The number of alkyl halides is 2. The SMILES string of the molecule is Oc1ccc(Br)cc1OCC(F)F. The number of halogens is 3. The van der Waals surface area contributed by atoms with Crippen LogP contribution in [0.1, 0.15) is 0 Å². The molecule has 0 saturated heterocycles. The molecular formula is C8H7BrF2O2. The van der Waals surface area contributed by atoms with Gasteiger partial charge in [0.25, 0.3) is 6.43 Å². The summed E-state index contributed by atoms with van der Waals surface area (Å²) in [6, 6.07) is 4.38. The number of benzene rings is 1. The lowest BCUT2D eigenvalue weighted by molar-refractivity contribution is 0.0805. The smallest absolute Gasteiger partial charge is 0.272 e. The van der Waals surface area contributed by atoms with Gasteiger partial charge in [0.15, 0.2) is 11.5 Å². The van der Waals surface area contributed by atoms with Crippen molar-refractivity contribution in [2.75, 3.05) is 6.61 Å². The standard InChI is InChI=1S/C8H7BrF2O2/c9-5-1-2-6(12)7(3-5)13-4-8(10)11/h1-3,8,12H,4H2. The van der Waals surface area contributed by atoms with Crippen molar-refractivity contribution >= 4 is 15.9 Å². The molecule has 5 heteroatoms. The van der Waals surface area contributed by atoms with E-state index < -0.39 is 13.0 Å². The zero-order valence-corrected chi connectivity index (χ0v) is 8.09. The van der Waals surface area contributed by atoms with Crippen molar-refractivity contribution in [3.05, 3.63) is 22.7 Å². The number of ether oxygens (including phenoxy) is 1. The first kappa shape index (κ1) is 10.2. The Balaban J connectivity index is 2.70. The van der Waals surface area contributed by atoms with E-state index in [2.05, 4.69) is 20.7 Å². The molecule has 1 aromatic carbocycles. The van der Waals surface area contributed by atoms with Crippen molar-refractivity contribution in [2.45, 2.75) is 6.43 Å². The molecule has 1 rings (SSSR count). The van der Waals surface area contributed by atoms with Crippen molar-refractivity contribution in [3.8, 4) is 11.5 Å². The molecule has 0 atom stereocenters. The van der Waals surface area contributed by atoms with Gasteiger partial charge in [0.05, 0.1) is 0 Å². The molecule has 72 valence electrons. The van der Waals surface area contributed by atoms with E-state index in [-0.39, 0.29) is 11.5 Å². The Morgan fingerprint density at radius 1 is 1.46 bits per heavy atom. The average Bonchev–Trinajstić information content (AvgIpc) is 2.06. The Kier molecular flexibility index (Phi) is 3.48. The third-order valence-corrected chi connectivity index (χ3v) is 1.78. The zero-order chi connectivity index (χ0) is 9.84. The molecule has 0 unspecified atom stereocenters. The van der Waals surface area contributed by atoms with Crippen LogP contribution >= 0.6 is 15.9 Å². The van der Waals surface area contributed by atoms with E-state index in [1.165, 1.54) is 12.1 Å². The second-order valence-corrected chi connectivity index (χ2v) is 3.23. The molecule has 0 aliphatic rings. The third kappa shape index (κ3) is 3.18. The fraction of sp³-hybridized carbons (Fsp3) is 0.250. The van der Waals surface area contributed by atoms with Crippen LogP contribution in [0.25, 0.3) is 0 Å². The van der Waals surface area contributed by atoms with Gasteiger partial charge in [0, 0.05) is 4.47 Å². The Morgan fingerprint density at radius 3 is 2.77 bits per heavy atom. The molecule has 0 aromatic heterocycles. The molecule has 0 aliphatic carbocycles. The monoisotopic (exact) mass is 252 g/mol. The quantitative estimate of drug-likeness (QED) is 0.897. The maximum Gasteiger partial charge on any atom is 0.272 e. The first-order valence-corrected chi connectivity index (χ1v) is 4.28. The zero-order valence-electron chi connectivity index (χ0n) is 6.51. The minimum atomic E-state index is -2.54.